The molecule has 0 spiro atoms. The first-order valence-corrected chi connectivity index (χ1v) is 9.50. The van der Waals surface area contributed by atoms with Crippen LogP contribution >= 0.6 is 0 Å². The fraction of sp³-hybridized carbons (Fsp3) is 0.364. The Morgan fingerprint density at radius 3 is 1.54 bits per heavy atom. The number of ketones is 2. The SMILES string of the molecule is COCCCNc1cccc2c1C(=O)c1cccc(NCCCOC)c1C2=O. The van der Waals surface area contributed by atoms with Crippen molar-refractivity contribution in [2.45, 2.75) is 12.8 Å². The number of nitrogens with one attached hydrogen (secondary N) is 2. The maximum Gasteiger partial charge on any atom is 0.196 e. The van der Waals surface area contributed by atoms with Crippen LogP contribution in [-0.2, 0) is 9.47 Å². The Balaban J connectivity index is 1.90. The van der Waals surface area contributed by atoms with Crippen molar-refractivity contribution in [3.8, 4) is 0 Å². The van der Waals surface area contributed by atoms with Gasteiger partial charge < -0.3 is 20.1 Å². The highest BCUT2D eigenvalue weighted by Gasteiger charge is 2.33. The van der Waals surface area contributed by atoms with E-state index >= 15 is 0 Å². The van der Waals surface area contributed by atoms with Gasteiger partial charge in [-0.2, -0.15) is 0 Å². The van der Waals surface area contributed by atoms with E-state index in [1.165, 1.54) is 0 Å². The van der Waals surface area contributed by atoms with Crippen molar-refractivity contribution >= 4 is 22.9 Å². The second kappa shape index (κ2) is 9.48. The first-order chi connectivity index (χ1) is 13.7. The summed E-state index contributed by atoms with van der Waals surface area (Å²) in [5.74, 6) is -0.250. The monoisotopic (exact) mass is 382 g/mol. The summed E-state index contributed by atoms with van der Waals surface area (Å²) in [6.45, 7) is 2.60. The smallest absolute Gasteiger partial charge is 0.196 e. The third-order valence-corrected chi connectivity index (χ3v) is 4.75. The number of ether oxygens (including phenoxy) is 2. The van der Waals surface area contributed by atoms with Crippen molar-refractivity contribution in [3.05, 3.63) is 58.7 Å². The molecule has 0 bridgehead atoms. The maximum absolute atomic E-state index is 13.2. The van der Waals surface area contributed by atoms with Crippen LogP contribution in [0.15, 0.2) is 36.4 Å². The number of carbonyl (C=O) groups is 2. The van der Waals surface area contributed by atoms with Crippen LogP contribution in [0, 0.1) is 0 Å². The molecule has 148 valence electrons. The van der Waals surface area contributed by atoms with Gasteiger partial charge in [0, 0.05) is 63.0 Å². The van der Waals surface area contributed by atoms with Gasteiger partial charge in [-0.05, 0) is 25.0 Å². The first kappa shape index (κ1) is 20.0. The second-order valence-electron chi connectivity index (χ2n) is 6.66. The molecular weight excluding hydrogens is 356 g/mol. The predicted molar refractivity (Wildman–Crippen MR) is 110 cm³/mol. The van der Waals surface area contributed by atoms with Gasteiger partial charge in [-0.15, -0.1) is 0 Å². The summed E-state index contributed by atoms with van der Waals surface area (Å²) < 4.78 is 10.1. The lowest BCUT2D eigenvalue weighted by Gasteiger charge is -2.23. The van der Waals surface area contributed by atoms with E-state index in [0.717, 1.165) is 12.8 Å². The average molecular weight is 382 g/mol. The zero-order chi connectivity index (χ0) is 19.9. The zero-order valence-corrected chi connectivity index (χ0v) is 16.3. The van der Waals surface area contributed by atoms with Crippen LogP contribution in [0.4, 0.5) is 11.4 Å². The van der Waals surface area contributed by atoms with E-state index in [0.29, 0.717) is 59.9 Å². The Bertz CT molecular complexity index is 792. The van der Waals surface area contributed by atoms with Crippen molar-refractivity contribution in [2.75, 3.05) is 51.2 Å². The van der Waals surface area contributed by atoms with Crippen molar-refractivity contribution in [1.82, 2.24) is 0 Å². The zero-order valence-electron chi connectivity index (χ0n) is 16.3. The molecule has 0 saturated carbocycles. The number of hydrogen-bond acceptors (Lipinski definition) is 6. The van der Waals surface area contributed by atoms with Crippen molar-refractivity contribution < 1.29 is 19.1 Å². The maximum atomic E-state index is 13.2. The van der Waals surface area contributed by atoms with E-state index in [9.17, 15) is 9.59 Å². The molecule has 6 heteroatoms. The molecule has 1 aliphatic rings. The van der Waals surface area contributed by atoms with E-state index < -0.39 is 0 Å². The number of methoxy groups -OCH3 is 2. The van der Waals surface area contributed by atoms with Crippen LogP contribution < -0.4 is 10.6 Å². The van der Waals surface area contributed by atoms with Crippen LogP contribution in [0.5, 0.6) is 0 Å². The van der Waals surface area contributed by atoms with Crippen LogP contribution in [0.2, 0.25) is 0 Å². The van der Waals surface area contributed by atoms with Gasteiger partial charge in [0.15, 0.2) is 11.6 Å². The summed E-state index contributed by atoms with van der Waals surface area (Å²) in [4.78, 5) is 26.5. The number of anilines is 2. The molecule has 28 heavy (non-hydrogen) atoms. The van der Waals surface area contributed by atoms with Gasteiger partial charge >= 0.3 is 0 Å². The lowest BCUT2D eigenvalue weighted by molar-refractivity contribution is 0.0980. The molecule has 0 aromatic heterocycles. The highest BCUT2D eigenvalue weighted by molar-refractivity contribution is 6.31. The molecule has 0 saturated heterocycles. The molecule has 2 aromatic rings. The standard InChI is InChI=1S/C22H26N2O4/c1-27-13-5-11-23-17-9-3-7-15-19(17)21(25)16-8-4-10-18(20(16)22(15)26)24-12-6-14-28-2/h3-4,7-10,23-24H,5-6,11-14H2,1-2H3. The quantitative estimate of drug-likeness (QED) is 0.524. The summed E-state index contributed by atoms with van der Waals surface area (Å²) in [6, 6.07) is 10.7. The second-order valence-corrected chi connectivity index (χ2v) is 6.66. The molecule has 1 aliphatic carbocycles. The van der Waals surface area contributed by atoms with Gasteiger partial charge in [0.1, 0.15) is 0 Å². The van der Waals surface area contributed by atoms with E-state index in [2.05, 4.69) is 10.6 Å². The highest BCUT2D eigenvalue weighted by atomic mass is 16.5. The number of hydrogen-bond donors (Lipinski definition) is 2. The van der Waals surface area contributed by atoms with E-state index in [1.807, 2.05) is 24.3 Å². The lowest BCUT2D eigenvalue weighted by Crippen LogP contribution is -2.24. The van der Waals surface area contributed by atoms with Gasteiger partial charge in [0.25, 0.3) is 0 Å². The summed E-state index contributed by atoms with van der Waals surface area (Å²) >= 11 is 0. The number of benzene rings is 2. The van der Waals surface area contributed by atoms with E-state index in [4.69, 9.17) is 9.47 Å². The average Bonchev–Trinajstić information content (AvgIpc) is 2.72. The number of carbonyl (C=O) groups excluding carboxylic acids is 2. The molecule has 0 fully saturated rings. The Kier molecular flexibility index (Phi) is 6.79. The summed E-state index contributed by atoms with van der Waals surface area (Å²) in [5, 5.41) is 6.54. The van der Waals surface area contributed by atoms with Crippen molar-refractivity contribution in [2.24, 2.45) is 0 Å². The van der Waals surface area contributed by atoms with Gasteiger partial charge in [-0.25, -0.2) is 0 Å². The van der Waals surface area contributed by atoms with Crippen LogP contribution in [0.1, 0.15) is 44.7 Å². The Hall–Kier alpha value is -2.70. The topological polar surface area (TPSA) is 76.7 Å². The Morgan fingerprint density at radius 1 is 0.714 bits per heavy atom. The summed E-state index contributed by atoms with van der Waals surface area (Å²) in [5.41, 5.74) is 3.18. The molecule has 0 amide bonds. The number of rotatable bonds is 10. The Morgan fingerprint density at radius 2 is 1.14 bits per heavy atom. The van der Waals surface area contributed by atoms with Gasteiger partial charge in [0.05, 0.1) is 11.1 Å². The molecule has 0 aliphatic heterocycles. The fourth-order valence-electron chi connectivity index (χ4n) is 3.42. The molecule has 2 N–H and O–H groups in total. The molecule has 0 atom stereocenters. The lowest BCUT2D eigenvalue weighted by atomic mass is 9.82. The minimum Gasteiger partial charge on any atom is -0.385 e. The largest absolute Gasteiger partial charge is 0.385 e. The molecule has 0 heterocycles. The first-order valence-electron chi connectivity index (χ1n) is 9.50. The van der Waals surface area contributed by atoms with Crippen molar-refractivity contribution in [1.29, 1.82) is 0 Å². The number of fused-ring (bicyclic) bond motifs is 2. The molecule has 0 unspecified atom stereocenters. The summed E-state index contributed by atoms with van der Waals surface area (Å²) in [6.07, 6.45) is 1.63. The van der Waals surface area contributed by atoms with Crippen LogP contribution in [0.3, 0.4) is 0 Å². The predicted octanol–water partition coefficient (Wildman–Crippen LogP) is 3.36. The van der Waals surface area contributed by atoms with E-state index in [1.54, 1.807) is 26.4 Å². The van der Waals surface area contributed by atoms with Crippen molar-refractivity contribution in [3.63, 3.8) is 0 Å². The molecule has 0 radical (unpaired) electrons. The minimum absolute atomic E-state index is 0.125. The Labute approximate surface area is 165 Å². The third-order valence-electron chi connectivity index (χ3n) is 4.75. The normalized spacial score (nSPS) is 12.5. The van der Waals surface area contributed by atoms with Gasteiger partial charge in [0.2, 0.25) is 0 Å². The van der Waals surface area contributed by atoms with Gasteiger partial charge in [-0.1, -0.05) is 24.3 Å². The van der Waals surface area contributed by atoms with E-state index in [-0.39, 0.29) is 11.6 Å². The molecular formula is C22H26N2O4. The minimum atomic E-state index is -0.125. The highest BCUT2D eigenvalue weighted by Crippen LogP contribution is 2.35. The van der Waals surface area contributed by atoms with Crippen LogP contribution in [0.25, 0.3) is 0 Å². The van der Waals surface area contributed by atoms with Gasteiger partial charge in [-0.3, -0.25) is 9.59 Å². The summed E-state index contributed by atoms with van der Waals surface area (Å²) in [7, 11) is 3.31. The van der Waals surface area contributed by atoms with Crippen LogP contribution in [-0.4, -0.2) is 52.1 Å². The fourth-order valence-corrected chi connectivity index (χ4v) is 3.42. The molecule has 6 nitrogen and oxygen atoms in total. The third kappa shape index (κ3) is 4.08. The molecule has 2 aromatic carbocycles. The molecule has 3 rings (SSSR count).